The Balaban J connectivity index is 1.79. The standard InChI is InChI=1S/C28H32O9/c1-5-7-20-23(11-9-18(16(3)29)26(20)32)35-14-17(30)15-36-24-12-10-19-22(31)13-25(28(33)34-4)37-27(19)21(24)8-6-2/h9-13,17,30,32H,5-8,14-15H2,1-4H3. The maximum absolute atomic E-state index is 12.5. The van der Waals surface area contributed by atoms with E-state index in [1.165, 1.54) is 20.1 Å². The van der Waals surface area contributed by atoms with Crippen LogP contribution in [-0.4, -0.2) is 48.4 Å². The number of carbonyl (C=O) groups is 2. The molecule has 3 rings (SSSR count). The molecule has 0 spiro atoms. The van der Waals surface area contributed by atoms with Crippen molar-refractivity contribution in [2.24, 2.45) is 0 Å². The number of ether oxygens (including phenoxy) is 3. The number of benzene rings is 2. The Morgan fingerprint density at radius 3 is 2.16 bits per heavy atom. The number of aryl methyl sites for hydroxylation is 1. The van der Waals surface area contributed by atoms with Crippen molar-refractivity contribution in [3.63, 3.8) is 0 Å². The number of carbonyl (C=O) groups excluding carboxylic acids is 2. The summed E-state index contributed by atoms with van der Waals surface area (Å²) in [5.74, 6) is -0.518. The van der Waals surface area contributed by atoms with Crippen molar-refractivity contribution in [1.82, 2.24) is 0 Å². The molecular formula is C28H32O9. The summed E-state index contributed by atoms with van der Waals surface area (Å²) in [5.41, 5.74) is 1.20. The van der Waals surface area contributed by atoms with Crippen LogP contribution in [0, 0.1) is 0 Å². The Bertz CT molecular complexity index is 1340. The molecule has 1 heterocycles. The van der Waals surface area contributed by atoms with E-state index in [9.17, 15) is 24.6 Å². The lowest BCUT2D eigenvalue weighted by molar-refractivity contribution is 0.0565. The SMILES string of the molecule is CCCc1c(OCC(O)COc2ccc3c(=O)cc(C(=O)OC)oc3c2CCC)ccc(C(C)=O)c1O. The van der Waals surface area contributed by atoms with E-state index in [2.05, 4.69) is 4.74 Å². The van der Waals surface area contributed by atoms with Gasteiger partial charge in [-0.2, -0.15) is 0 Å². The van der Waals surface area contributed by atoms with Gasteiger partial charge in [0.1, 0.15) is 42.1 Å². The number of esters is 1. The van der Waals surface area contributed by atoms with Crippen LogP contribution in [0.2, 0.25) is 0 Å². The maximum atomic E-state index is 12.5. The van der Waals surface area contributed by atoms with Crippen LogP contribution in [0.15, 0.2) is 39.5 Å². The second-order valence-electron chi connectivity index (χ2n) is 8.66. The number of ketones is 1. The van der Waals surface area contributed by atoms with Crippen LogP contribution >= 0.6 is 0 Å². The van der Waals surface area contributed by atoms with Gasteiger partial charge in [0.15, 0.2) is 11.2 Å². The summed E-state index contributed by atoms with van der Waals surface area (Å²) in [4.78, 5) is 36.2. The zero-order valence-corrected chi connectivity index (χ0v) is 21.5. The predicted molar refractivity (Wildman–Crippen MR) is 137 cm³/mol. The van der Waals surface area contributed by atoms with Crippen LogP contribution in [0.25, 0.3) is 11.0 Å². The summed E-state index contributed by atoms with van der Waals surface area (Å²) in [6.07, 6.45) is 1.43. The number of Topliss-reactive ketones (excluding diaryl/α,β-unsaturated/α-hetero) is 1. The van der Waals surface area contributed by atoms with Crippen molar-refractivity contribution in [2.45, 2.75) is 52.6 Å². The average molecular weight is 513 g/mol. The summed E-state index contributed by atoms with van der Waals surface area (Å²) in [6.45, 7) is 5.04. The van der Waals surface area contributed by atoms with Gasteiger partial charge in [0.2, 0.25) is 5.76 Å². The van der Waals surface area contributed by atoms with E-state index in [1.54, 1.807) is 18.2 Å². The van der Waals surface area contributed by atoms with E-state index in [0.717, 1.165) is 12.5 Å². The Morgan fingerprint density at radius 1 is 0.973 bits per heavy atom. The minimum Gasteiger partial charge on any atom is -0.507 e. The third-order valence-electron chi connectivity index (χ3n) is 5.83. The normalized spacial score (nSPS) is 11.8. The zero-order valence-electron chi connectivity index (χ0n) is 21.5. The van der Waals surface area contributed by atoms with E-state index in [-0.39, 0.29) is 47.1 Å². The fourth-order valence-corrected chi connectivity index (χ4v) is 4.03. The molecule has 0 radical (unpaired) electrons. The third-order valence-corrected chi connectivity index (χ3v) is 5.83. The number of methoxy groups -OCH3 is 1. The van der Waals surface area contributed by atoms with Crippen molar-refractivity contribution in [3.8, 4) is 17.2 Å². The zero-order chi connectivity index (χ0) is 27.1. The Hall–Kier alpha value is -3.85. The molecule has 0 bridgehead atoms. The molecule has 2 N–H and O–H groups in total. The molecule has 1 aromatic heterocycles. The van der Waals surface area contributed by atoms with Crippen molar-refractivity contribution in [2.75, 3.05) is 20.3 Å². The molecule has 0 fully saturated rings. The highest BCUT2D eigenvalue weighted by atomic mass is 16.5. The largest absolute Gasteiger partial charge is 0.507 e. The van der Waals surface area contributed by atoms with Crippen LogP contribution in [0.3, 0.4) is 0 Å². The van der Waals surface area contributed by atoms with Crippen LogP contribution in [0.1, 0.15) is 65.7 Å². The van der Waals surface area contributed by atoms with Crippen molar-refractivity contribution < 1.29 is 38.4 Å². The molecule has 0 aliphatic heterocycles. The van der Waals surface area contributed by atoms with E-state index in [0.29, 0.717) is 47.3 Å². The third kappa shape index (κ3) is 6.29. The molecular weight excluding hydrogens is 480 g/mol. The molecule has 0 aliphatic carbocycles. The average Bonchev–Trinajstić information content (AvgIpc) is 2.87. The Labute approximate surface area is 214 Å². The number of aromatic hydroxyl groups is 1. The molecule has 198 valence electrons. The predicted octanol–water partition coefficient (Wildman–Crippen LogP) is 4.21. The van der Waals surface area contributed by atoms with Crippen LogP contribution in [0.4, 0.5) is 0 Å². The number of aliphatic hydroxyl groups excluding tert-OH is 1. The van der Waals surface area contributed by atoms with Gasteiger partial charge in [-0.3, -0.25) is 9.59 Å². The number of fused-ring (bicyclic) bond motifs is 1. The molecule has 37 heavy (non-hydrogen) atoms. The van der Waals surface area contributed by atoms with Crippen molar-refractivity contribution >= 4 is 22.7 Å². The molecule has 0 saturated heterocycles. The summed E-state index contributed by atoms with van der Waals surface area (Å²) >= 11 is 0. The first-order valence-electron chi connectivity index (χ1n) is 12.2. The second kappa shape index (κ2) is 12.4. The summed E-state index contributed by atoms with van der Waals surface area (Å²) < 4.78 is 22.0. The second-order valence-corrected chi connectivity index (χ2v) is 8.66. The highest BCUT2D eigenvalue weighted by Gasteiger charge is 2.20. The minimum atomic E-state index is -1.03. The maximum Gasteiger partial charge on any atom is 0.374 e. The van der Waals surface area contributed by atoms with Gasteiger partial charge in [0.25, 0.3) is 0 Å². The topological polar surface area (TPSA) is 132 Å². The van der Waals surface area contributed by atoms with Gasteiger partial charge in [0.05, 0.1) is 18.1 Å². The van der Waals surface area contributed by atoms with E-state index in [4.69, 9.17) is 13.9 Å². The number of rotatable bonds is 12. The van der Waals surface area contributed by atoms with E-state index in [1.807, 2.05) is 13.8 Å². The van der Waals surface area contributed by atoms with Crippen molar-refractivity contribution in [1.29, 1.82) is 0 Å². The van der Waals surface area contributed by atoms with Gasteiger partial charge in [-0.1, -0.05) is 26.7 Å². The summed E-state index contributed by atoms with van der Waals surface area (Å²) in [7, 11) is 1.20. The van der Waals surface area contributed by atoms with Crippen LogP contribution in [0.5, 0.6) is 17.2 Å². The van der Waals surface area contributed by atoms with E-state index < -0.39 is 12.1 Å². The van der Waals surface area contributed by atoms with Gasteiger partial charge in [0, 0.05) is 17.2 Å². The van der Waals surface area contributed by atoms with Gasteiger partial charge in [-0.25, -0.2) is 4.79 Å². The Morgan fingerprint density at radius 2 is 1.57 bits per heavy atom. The molecule has 9 heteroatoms. The van der Waals surface area contributed by atoms with Gasteiger partial charge < -0.3 is 28.8 Å². The molecule has 0 amide bonds. The lowest BCUT2D eigenvalue weighted by Gasteiger charge is -2.18. The molecule has 3 aromatic rings. The fraction of sp³-hybridized carbons (Fsp3) is 0.393. The number of hydrogen-bond donors (Lipinski definition) is 2. The van der Waals surface area contributed by atoms with Gasteiger partial charge >= 0.3 is 5.97 Å². The Kier molecular flexibility index (Phi) is 9.30. The van der Waals surface area contributed by atoms with Gasteiger partial charge in [-0.05, 0) is 44.0 Å². The van der Waals surface area contributed by atoms with Crippen molar-refractivity contribution in [3.05, 3.63) is 63.0 Å². The number of phenolic OH excluding ortho intramolecular Hbond substituents is 1. The molecule has 9 nitrogen and oxygen atoms in total. The minimum absolute atomic E-state index is 0.106. The molecule has 2 aromatic carbocycles. The summed E-state index contributed by atoms with van der Waals surface area (Å²) in [6, 6.07) is 7.39. The highest BCUT2D eigenvalue weighted by Crippen LogP contribution is 2.33. The monoisotopic (exact) mass is 512 g/mol. The first-order valence-corrected chi connectivity index (χ1v) is 12.2. The van der Waals surface area contributed by atoms with E-state index >= 15 is 0 Å². The van der Waals surface area contributed by atoms with Crippen LogP contribution < -0.4 is 14.9 Å². The number of phenols is 1. The highest BCUT2D eigenvalue weighted by molar-refractivity contribution is 5.97. The number of hydrogen-bond acceptors (Lipinski definition) is 9. The molecule has 1 atom stereocenters. The smallest absolute Gasteiger partial charge is 0.374 e. The van der Waals surface area contributed by atoms with Gasteiger partial charge in [-0.15, -0.1) is 0 Å². The fourth-order valence-electron chi connectivity index (χ4n) is 4.03. The number of aliphatic hydroxyl groups is 1. The lowest BCUT2D eigenvalue weighted by Crippen LogP contribution is -2.25. The molecule has 0 aliphatic rings. The molecule has 0 saturated carbocycles. The summed E-state index contributed by atoms with van der Waals surface area (Å²) in [5, 5.41) is 21.3. The first kappa shape index (κ1) is 27.7. The van der Waals surface area contributed by atoms with Crippen LogP contribution in [-0.2, 0) is 17.6 Å². The quantitative estimate of drug-likeness (QED) is 0.270. The molecule has 1 unspecified atom stereocenters. The first-order chi connectivity index (χ1) is 17.7. The lowest BCUT2D eigenvalue weighted by atomic mass is 10.0.